The maximum absolute atomic E-state index is 14.7. The maximum atomic E-state index is 14.7. The summed E-state index contributed by atoms with van der Waals surface area (Å²) in [5, 5.41) is 21.2. The number of aryl methyl sites for hydroxylation is 1. The van der Waals surface area contributed by atoms with Gasteiger partial charge in [-0.3, -0.25) is 9.55 Å². The van der Waals surface area contributed by atoms with Crippen LogP contribution in [0.15, 0.2) is 66.0 Å². The molecule has 34 heavy (non-hydrogen) atoms. The van der Waals surface area contributed by atoms with Crippen molar-refractivity contribution in [1.29, 1.82) is 0 Å². The number of benzene rings is 2. The Morgan fingerprint density at radius 1 is 1.09 bits per heavy atom. The van der Waals surface area contributed by atoms with E-state index in [0.29, 0.717) is 41.9 Å². The number of phenolic OH excluding ortho intramolecular Hbond substituents is 1. The number of aromatic nitrogens is 3. The fourth-order valence-corrected chi connectivity index (χ4v) is 4.55. The van der Waals surface area contributed by atoms with Crippen LogP contribution in [0.2, 0.25) is 5.02 Å². The number of nitrogens with zero attached hydrogens (tertiary/aromatic N) is 4. The minimum atomic E-state index is -0.524. The van der Waals surface area contributed by atoms with E-state index in [1.165, 1.54) is 21.3 Å². The zero-order chi connectivity index (χ0) is 24.0. The van der Waals surface area contributed by atoms with Gasteiger partial charge in [0.2, 0.25) is 0 Å². The number of hydrogen-bond acceptors (Lipinski definition) is 5. The molecular formula is C25H22ClFN4O3. The normalized spacial score (nSPS) is 15.8. The largest absolute Gasteiger partial charge is 0.507 e. The van der Waals surface area contributed by atoms with Gasteiger partial charge in [-0.25, -0.2) is 9.18 Å². The van der Waals surface area contributed by atoms with E-state index in [4.69, 9.17) is 11.6 Å². The van der Waals surface area contributed by atoms with Crippen molar-refractivity contribution in [3.05, 3.63) is 82.5 Å². The molecule has 0 radical (unpaired) electrons. The standard InChI is InChI=1S/C25H22ClFN4O3/c1-29-6-7-31(25(29)34)23-3-2-15(9-22(23)26)20-10-17(27)11-21(24(20)33)16-8-18(13-28-12-16)30-5-4-19(32)14-30/h2-3,6-13,19,32-33H,4-5,14H2,1H3. The molecule has 2 aromatic carbocycles. The van der Waals surface area contributed by atoms with Gasteiger partial charge in [-0.15, -0.1) is 0 Å². The van der Waals surface area contributed by atoms with Gasteiger partial charge < -0.3 is 19.7 Å². The number of aliphatic hydroxyl groups excluding tert-OH is 1. The average Bonchev–Trinajstić information content (AvgIpc) is 3.40. The van der Waals surface area contributed by atoms with Crippen LogP contribution in [0.1, 0.15) is 6.42 Å². The van der Waals surface area contributed by atoms with E-state index in [9.17, 15) is 19.4 Å². The smallest absolute Gasteiger partial charge is 0.332 e. The van der Waals surface area contributed by atoms with Crippen LogP contribution in [0.25, 0.3) is 27.9 Å². The molecule has 0 saturated carbocycles. The highest BCUT2D eigenvalue weighted by molar-refractivity contribution is 6.32. The Hall–Kier alpha value is -3.62. The van der Waals surface area contributed by atoms with Gasteiger partial charge in [-0.05, 0) is 42.3 Å². The second-order valence-corrected chi connectivity index (χ2v) is 8.80. The first-order valence-electron chi connectivity index (χ1n) is 10.8. The molecule has 0 bridgehead atoms. The molecule has 1 aliphatic rings. The number of imidazole rings is 1. The summed E-state index contributed by atoms with van der Waals surface area (Å²) < 4.78 is 17.5. The Labute approximate surface area is 199 Å². The zero-order valence-corrected chi connectivity index (χ0v) is 19.1. The molecule has 7 nitrogen and oxygen atoms in total. The van der Waals surface area contributed by atoms with Gasteiger partial charge in [0, 0.05) is 55.4 Å². The van der Waals surface area contributed by atoms with Gasteiger partial charge in [0.1, 0.15) is 11.6 Å². The fraction of sp³-hybridized carbons (Fsp3) is 0.200. The number of pyridine rings is 1. The van der Waals surface area contributed by atoms with E-state index in [1.54, 1.807) is 50.0 Å². The van der Waals surface area contributed by atoms with Crippen molar-refractivity contribution in [2.24, 2.45) is 7.05 Å². The van der Waals surface area contributed by atoms with Gasteiger partial charge >= 0.3 is 5.69 Å². The molecule has 1 fully saturated rings. The molecule has 174 valence electrons. The predicted octanol–water partition coefficient (Wildman–Crippen LogP) is 3.97. The minimum Gasteiger partial charge on any atom is -0.507 e. The van der Waals surface area contributed by atoms with E-state index in [2.05, 4.69) is 4.98 Å². The van der Waals surface area contributed by atoms with Crippen LogP contribution in [0, 0.1) is 5.82 Å². The topological polar surface area (TPSA) is 83.5 Å². The molecule has 1 aliphatic heterocycles. The van der Waals surface area contributed by atoms with Gasteiger partial charge in [0.05, 0.1) is 28.7 Å². The fourth-order valence-electron chi connectivity index (χ4n) is 4.28. The molecular weight excluding hydrogens is 459 g/mol. The molecule has 0 amide bonds. The summed E-state index contributed by atoms with van der Waals surface area (Å²) in [5.74, 6) is -0.633. The molecule has 3 heterocycles. The number of β-amino-alcohol motifs (C(OH)–C–C–N with tert-alkyl or cyclic N) is 1. The second-order valence-electron chi connectivity index (χ2n) is 8.40. The summed E-state index contributed by atoms with van der Waals surface area (Å²) in [6.07, 6.45) is 6.76. The molecule has 0 aliphatic carbocycles. The third-order valence-corrected chi connectivity index (χ3v) is 6.41. The zero-order valence-electron chi connectivity index (χ0n) is 18.3. The Morgan fingerprint density at radius 3 is 2.50 bits per heavy atom. The molecule has 2 N–H and O–H groups in total. The van der Waals surface area contributed by atoms with E-state index >= 15 is 0 Å². The van der Waals surface area contributed by atoms with Gasteiger partial charge in [-0.1, -0.05) is 17.7 Å². The SMILES string of the molecule is Cn1ccn(-c2ccc(-c3cc(F)cc(-c4cncc(N5CCC(O)C5)c4)c3O)cc2Cl)c1=O. The predicted molar refractivity (Wildman–Crippen MR) is 129 cm³/mol. The number of rotatable bonds is 4. The first-order valence-corrected chi connectivity index (χ1v) is 11.1. The van der Waals surface area contributed by atoms with Gasteiger partial charge in [0.15, 0.2) is 0 Å². The Kier molecular flexibility index (Phi) is 5.63. The van der Waals surface area contributed by atoms with E-state index < -0.39 is 11.9 Å². The Morgan fingerprint density at radius 2 is 1.85 bits per heavy atom. The Bertz CT molecular complexity index is 1450. The number of aliphatic hydroxyl groups is 1. The maximum Gasteiger partial charge on any atom is 0.332 e. The highest BCUT2D eigenvalue weighted by Crippen LogP contribution is 2.41. The monoisotopic (exact) mass is 480 g/mol. The molecule has 1 atom stereocenters. The summed E-state index contributed by atoms with van der Waals surface area (Å²) in [6, 6.07) is 9.25. The van der Waals surface area contributed by atoms with Crippen molar-refractivity contribution < 1.29 is 14.6 Å². The third kappa shape index (κ3) is 3.95. The first-order chi connectivity index (χ1) is 16.3. The van der Waals surface area contributed by atoms with Crippen LogP contribution in [0.4, 0.5) is 10.1 Å². The van der Waals surface area contributed by atoms with E-state index in [0.717, 1.165) is 5.69 Å². The lowest BCUT2D eigenvalue weighted by atomic mass is 9.97. The lowest BCUT2D eigenvalue weighted by Crippen LogP contribution is -2.21. The van der Waals surface area contributed by atoms with E-state index in [-0.39, 0.29) is 22.0 Å². The molecule has 1 unspecified atom stereocenters. The van der Waals surface area contributed by atoms with Crippen LogP contribution >= 0.6 is 11.6 Å². The molecule has 2 aromatic heterocycles. The number of phenols is 1. The Balaban J connectivity index is 1.55. The van der Waals surface area contributed by atoms with Crippen molar-refractivity contribution >= 4 is 17.3 Å². The molecule has 0 spiro atoms. The van der Waals surface area contributed by atoms with Crippen molar-refractivity contribution in [2.45, 2.75) is 12.5 Å². The third-order valence-electron chi connectivity index (χ3n) is 6.10. The highest BCUT2D eigenvalue weighted by atomic mass is 35.5. The minimum absolute atomic E-state index is 0.109. The van der Waals surface area contributed by atoms with E-state index in [1.807, 2.05) is 11.0 Å². The number of hydrogen-bond donors (Lipinski definition) is 2. The van der Waals surface area contributed by atoms with Crippen molar-refractivity contribution in [2.75, 3.05) is 18.0 Å². The molecule has 4 aromatic rings. The number of aromatic hydroxyl groups is 1. The number of anilines is 1. The summed E-state index contributed by atoms with van der Waals surface area (Å²) in [4.78, 5) is 18.5. The van der Waals surface area contributed by atoms with Crippen LogP contribution in [-0.4, -0.2) is 43.5 Å². The van der Waals surface area contributed by atoms with Crippen LogP contribution in [0.5, 0.6) is 5.75 Å². The number of halogens is 2. The van der Waals surface area contributed by atoms with Gasteiger partial charge in [-0.2, -0.15) is 0 Å². The lowest BCUT2D eigenvalue weighted by molar-refractivity contribution is 0.198. The molecule has 9 heteroatoms. The highest BCUT2D eigenvalue weighted by Gasteiger charge is 2.22. The molecule has 5 rings (SSSR count). The van der Waals surface area contributed by atoms with Crippen molar-refractivity contribution in [1.82, 2.24) is 14.1 Å². The summed E-state index contributed by atoms with van der Waals surface area (Å²) >= 11 is 6.47. The molecule has 1 saturated heterocycles. The van der Waals surface area contributed by atoms with Crippen molar-refractivity contribution in [3.8, 4) is 33.7 Å². The quantitative estimate of drug-likeness (QED) is 0.461. The summed E-state index contributed by atoms with van der Waals surface area (Å²) in [5.41, 5.74) is 2.65. The summed E-state index contributed by atoms with van der Waals surface area (Å²) in [6.45, 7) is 1.20. The van der Waals surface area contributed by atoms with Crippen LogP contribution < -0.4 is 10.6 Å². The van der Waals surface area contributed by atoms with Crippen molar-refractivity contribution in [3.63, 3.8) is 0 Å². The van der Waals surface area contributed by atoms with Gasteiger partial charge in [0.25, 0.3) is 0 Å². The lowest BCUT2D eigenvalue weighted by Gasteiger charge is -2.19. The van der Waals surface area contributed by atoms with Crippen LogP contribution in [0.3, 0.4) is 0 Å². The average molecular weight is 481 g/mol. The summed E-state index contributed by atoms with van der Waals surface area (Å²) in [7, 11) is 1.64. The first kappa shape index (κ1) is 22.2. The van der Waals surface area contributed by atoms with Crippen LogP contribution in [-0.2, 0) is 7.05 Å². The second kappa shape index (κ2) is 8.62.